The highest BCUT2D eigenvalue weighted by molar-refractivity contribution is 7.99. The van der Waals surface area contributed by atoms with E-state index in [1.54, 1.807) is 18.5 Å². The second-order valence-corrected chi connectivity index (χ2v) is 2.94. The molecule has 0 amide bonds. The molecule has 4 heteroatoms. The maximum Gasteiger partial charge on any atom is 0.190 e. The van der Waals surface area contributed by atoms with Crippen molar-refractivity contribution in [3.05, 3.63) is 18.5 Å². The van der Waals surface area contributed by atoms with Crippen LogP contribution in [0, 0.1) is 0 Å². The third kappa shape index (κ3) is 2.31. The first-order chi connectivity index (χ1) is 4.79. The first-order valence-corrected chi connectivity index (χ1v) is 3.75. The molecule has 0 saturated carbocycles. The Morgan fingerprint density at radius 1 is 1.50 bits per heavy atom. The second kappa shape index (κ2) is 3.51. The van der Waals surface area contributed by atoms with Gasteiger partial charge >= 0.3 is 0 Å². The molecule has 0 N–H and O–H groups in total. The van der Waals surface area contributed by atoms with E-state index in [-0.39, 0.29) is 0 Å². The van der Waals surface area contributed by atoms with Crippen LogP contribution in [0.15, 0.2) is 23.6 Å². The highest BCUT2D eigenvalue weighted by Gasteiger charge is 2.01. The molecule has 0 bridgehead atoms. The predicted molar refractivity (Wildman–Crippen MR) is 38.5 cm³/mol. The van der Waals surface area contributed by atoms with E-state index in [4.69, 9.17) is 0 Å². The number of rotatable bonds is 2. The van der Waals surface area contributed by atoms with Crippen LogP contribution in [-0.2, 0) is 0 Å². The molecule has 1 heterocycles. The first-order valence-electron chi connectivity index (χ1n) is 2.87. The van der Waals surface area contributed by atoms with Gasteiger partial charge in [-0.3, -0.25) is 0 Å². The summed E-state index contributed by atoms with van der Waals surface area (Å²) in [5.74, 6) is 0. The monoisotopic (exact) mass is 158 g/mol. The van der Waals surface area contributed by atoms with Gasteiger partial charge in [0.25, 0.3) is 0 Å². The van der Waals surface area contributed by atoms with Crippen molar-refractivity contribution in [2.24, 2.45) is 0 Å². The van der Waals surface area contributed by atoms with Gasteiger partial charge in [-0.25, -0.2) is 14.4 Å². The molecule has 0 aliphatic carbocycles. The van der Waals surface area contributed by atoms with Gasteiger partial charge < -0.3 is 0 Å². The van der Waals surface area contributed by atoms with Gasteiger partial charge in [0.05, 0.1) is 0 Å². The highest BCUT2D eigenvalue weighted by atomic mass is 32.2. The summed E-state index contributed by atoms with van der Waals surface area (Å²) >= 11 is 1.01. The van der Waals surface area contributed by atoms with Gasteiger partial charge in [-0.2, -0.15) is 0 Å². The van der Waals surface area contributed by atoms with Gasteiger partial charge in [0.15, 0.2) is 5.16 Å². The van der Waals surface area contributed by atoms with Crippen LogP contribution in [-0.4, -0.2) is 15.5 Å². The smallest absolute Gasteiger partial charge is 0.190 e. The van der Waals surface area contributed by atoms with Gasteiger partial charge in [-0.15, -0.1) is 0 Å². The fourth-order valence-electron chi connectivity index (χ4n) is 0.492. The van der Waals surface area contributed by atoms with Gasteiger partial charge in [0.1, 0.15) is 5.50 Å². The molecule has 1 aromatic heterocycles. The fourth-order valence-corrected chi connectivity index (χ4v) is 1.03. The number of halogens is 1. The molecule has 0 aliphatic heterocycles. The van der Waals surface area contributed by atoms with E-state index >= 15 is 0 Å². The Hall–Kier alpha value is -0.640. The van der Waals surface area contributed by atoms with Gasteiger partial charge in [-0.05, 0) is 24.8 Å². The normalized spacial score (nSPS) is 13.0. The Kier molecular flexibility index (Phi) is 2.62. The van der Waals surface area contributed by atoms with Crippen LogP contribution in [0.4, 0.5) is 4.39 Å². The number of aromatic nitrogens is 2. The Labute approximate surface area is 62.9 Å². The second-order valence-electron chi connectivity index (χ2n) is 1.69. The van der Waals surface area contributed by atoms with Crippen molar-refractivity contribution in [3.8, 4) is 0 Å². The van der Waals surface area contributed by atoms with E-state index in [1.165, 1.54) is 6.92 Å². The van der Waals surface area contributed by atoms with E-state index in [0.717, 1.165) is 11.8 Å². The lowest BCUT2D eigenvalue weighted by molar-refractivity contribution is 0.482. The van der Waals surface area contributed by atoms with Gasteiger partial charge in [0.2, 0.25) is 0 Å². The van der Waals surface area contributed by atoms with Crippen molar-refractivity contribution in [2.45, 2.75) is 17.6 Å². The van der Waals surface area contributed by atoms with Crippen LogP contribution < -0.4 is 0 Å². The average molecular weight is 158 g/mol. The molecular formula is C6H7FN2S. The summed E-state index contributed by atoms with van der Waals surface area (Å²) in [4.78, 5) is 7.66. The molecule has 1 atom stereocenters. The minimum atomic E-state index is -0.942. The topological polar surface area (TPSA) is 25.8 Å². The van der Waals surface area contributed by atoms with E-state index in [1.807, 2.05) is 0 Å². The zero-order valence-corrected chi connectivity index (χ0v) is 6.31. The van der Waals surface area contributed by atoms with E-state index < -0.39 is 5.50 Å². The minimum Gasteiger partial charge on any atom is -0.235 e. The van der Waals surface area contributed by atoms with Crippen LogP contribution >= 0.6 is 11.8 Å². The Morgan fingerprint density at radius 2 is 2.10 bits per heavy atom. The van der Waals surface area contributed by atoms with Gasteiger partial charge in [0, 0.05) is 12.4 Å². The third-order valence-electron chi connectivity index (χ3n) is 0.810. The summed E-state index contributed by atoms with van der Waals surface area (Å²) in [5, 5.41) is 0.484. The third-order valence-corrected chi connectivity index (χ3v) is 1.56. The Bertz CT molecular complexity index is 190. The minimum absolute atomic E-state index is 0.484. The lowest BCUT2D eigenvalue weighted by atomic mass is 10.7. The van der Waals surface area contributed by atoms with Crippen LogP contribution in [0.2, 0.25) is 0 Å². The zero-order valence-electron chi connectivity index (χ0n) is 5.49. The molecule has 54 valence electrons. The SMILES string of the molecule is CC(F)Sc1ncccn1. The number of thioether (sulfide) groups is 1. The Morgan fingerprint density at radius 3 is 2.60 bits per heavy atom. The molecule has 1 rings (SSSR count). The molecule has 0 radical (unpaired) electrons. The van der Waals surface area contributed by atoms with Gasteiger partial charge in [-0.1, -0.05) is 0 Å². The summed E-state index contributed by atoms with van der Waals surface area (Å²) in [5.41, 5.74) is -0.942. The van der Waals surface area contributed by atoms with Crippen LogP contribution in [0.25, 0.3) is 0 Å². The van der Waals surface area contributed by atoms with Crippen molar-refractivity contribution in [2.75, 3.05) is 0 Å². The summed E-state index contributed by atoms with van der Waals surface area (Å²) in [7, 11) is 0. The maximum absolute atomic E-state index is 12.3. The van der Waals surface area contributed by atoms with Crippen LogP contribution in [0.1, 0.15) is 6.92 Å². The van der Waals surface area contributed by atoms with Crippen LogP contribution in [0.3, 0.4) is 0 Å². The fraction of sp³-hybridized carbons (Fsp3) is 0.333. The van der Waals surface area contributed by atoms with E-state index in [0.29, 0.717) is 5.16 Å². The molecule has 0 fully saturated rings. The molecule has 1 unspecified atom stereocenters. The molecule has 0 aromatic carbocycles. The maximum atomic E-state index is 12.3. The number of hydrogen-bond donors (Lipinski definition) is 0. The van der Waals surface area contributed by atoms with Crippen molar-refractivity contribution >= 4 is 11.8 Å². The summed E-state index contributed by atoms with van der Waals surface area (Å²) in [6.07, 6.45) is 3.19. The molecule has 0 aliphatic rings. The highest BCUT2D eigenvalue weighted by Crippen LogP contribution is 2.18. The van der Waals surface area contributed by atoms with Crippen molar-refractivity contribution in [1.82, 2.24) is 9.97 Å². The number of nitrogens with zero attached hydrogens (tertiary/aromatic N) is 2. The molecule has 0 spiro atoms. The van der Waals surface area contributed by atoms with Crippen molar-refractivity contribution < 1.29 is 4.39 Å². The first kappa shape index (κ1) is 7.47. The number of alkyl halides is 1. The molecule has 2 nitrogen and oxygen atoms in total. The van der Waals surface area contributed by atoms with Crippen LogP contribution in [0.5, 0.6) is 0 Å². The average Bonchev–Trinajstić information content (AvgIpc) is 1.88. The quantitative estimate of drug-likeness (QED) is 0.485. The lowest BCUT2D eigenvalue weighted by Gasteiger charge is -1.96. The summed E-state index contributed by atoms with van der Waals surface area (Å²) < 4.78 is 12.3. The summed E-state index contributed by atoms with van der Waals surface area (Å²) in [6, 6.07) is 1.70. The standard InChI is InChI=1S/C6H7FN2S/c1-5(7)10-6-8-3-2-4-9-6/h2-5H,1H3. The molecular weight excluding hydrogens is 151 g/mol. The zero-order chi connectivity index (χ0) is 7.40. The van der Waals surface area contributed by atoms with Crippen molar-refractivity contribution in [3.63, 3.8) is 0 Å². The van der Waals surface area contributed by atoms with E-state index in [2.05, 4.69) is 9.97 Å². The summed E-state index contributed by atoms with van der Waals surface area (Å²) in [6.45, 7) is 1.46. The predicted octanol–water partition coefficient (Wildman–Crippen LogP) is 1.88. The lowest BCUT2D eigenvalue weighted by Crippen LogP contribution is -1.88. The molecule has 10 heavy (non-hydrogen) atoms. The Balaban J connectivity index is 2.59. The molecule has 1 aromatic rings. The number of hydrogen-bond acceptors (Lipinski definition) is 3. The largest absolute Gasteiger partial charge is 0.235 e. The van der Waals surface area contributed by atoms with E-state index in [9.17, 15) is 4.39 Å². The van der Waals surface area contributed by atoms with Crippen molar-refractivity contribution in [1.29, 1.82) is 0 Å². The molecule has 0 saturated heterocycles.